The van der Waals surface area contributed by atoms with E-state index in [1.165, 1.54) is 7.11 Å². The molecule has 7 heteroatoms. The van der Waals surface area contributed by atoms with Gasteiger partial charge in [-0.3, -0.25) is 4.68 Å². The molecule has 0 fully saturated rings. The normalized spacial score (nSPS) is 11.2. The zero-order chi connectivity index (χ0) is 20.0. The fraction of sp³-hybridized carbons (Fsp3) is 0.238. The monoisotopic (exact) mass is 375 g/mol. The summed E-state index contributed by atoms with van der Waals surface area (Å²) in [5.41, 5.74) is 6.07. The third kappa shape index (κ3) is 2.67. The van der Waals surface area contributed by atoms with Crippen LogP contribution in [0, 0.1) is 20.8 Å². The van der Waals surface area contributed by atoms with Crippen LogP contribution >= 0.6 is 0 Å². The fourth-order valence-corrected chi connectivity index (χ4v) is 3.58. The molecule has 0 spiro atoms. The average molecular weight is 375 g/mol. The maximum Gasteiger partial charge on any atom is 0.338 e. The molecule has 0 radical (unpaired) electrons. The number of rotatable bonds is 3. The summed E-state index contributed by atoms with van der Waals surface area (Å²) >= 11 is 0. The Hall–Kier alpha value is -3.48. The molecular weight excluding hydrogens is 354 g/mol. The highest BCUT2D eigenvalue weighted by atomic mass is 16.5. The van der Waals surface area contributed by atoms with Crippen LogP contribution in [-0.2, 0) is 11.8 Å². The number of carbonyl (C=O) groups excluding carboxylic acids is 1. The van der Waals surface area contributed by atoms with E-state index in [0.29, 0.717) is 22.3 Å². The number of benzene rings is 1. The van der Waals surface area contributed by atoms with Crippen LogP contribution in [0.1, 0.15) is 27.4 Å². The number of hydrogen-bond donors (Lipinski definition) is 0. The predicted molar refractivity (Wildman–Crippen MR) is 107 cm³/mol. The summed E-state index contributed by atoms with van der Waals surface area (Å²) in [5.74, 6) is -0.413. The van der Waals surface area contributed by atoms with Crippen molar-refractivity contribution in [3.05, 3.63) is 59.0 Å². The number of methoxy groups -OCH3 is 1. The summed E-state index contributed by atoms with van der Waals surface area (Å²) in [6, 6.07) is 11.5. The van der Waals surface area contributed by atoms with Crippen LogP contribution in [0.25, 0.3) is 28.0 Å². The summed E-state index contributed by atoms with van der Waals surface area (Å²) in [6.07, 6.45) is 0. The van der Waals surface area contributed by atoms with Crippen molar-refractivity contribution in [2.24, 2.45) is 7.05 Å². The topological polar surface area (TPSA) is 74.8 Å². The number of pyridine rings is 1. The first-order valence-electron chi connectivity index (χ1n) is 8.97. The van der Waals surface area contributed by atoms with Crippen LogP contribution in [0.4, 0.5) is 0 Å². The number of hydrogen-bond acceptors (Lipinski definition) is 5. The van der Waals surface area contributed by atoms with Gasteiger partial charge in [0.2, 0.25) is 0 Å². The second-order valence-electron chi connectivity index (χ2n) is 6.75. The molecule has 0 saturated carbocycles. The molecule has 3 aromatic heterocycles. The highest BCUT2D eigenvalue weighted by Crippen LogP contribution is 2.31. The van der Waals surface area contributed by atoms with Crippen LogP contribution in [0.15, 0.2) is 36.4 Å². The van der Waals surface area contributed by atoms with E-state index in [2.05, 4.69) is 10.2 Å². The minimum atomic E-state index is -0.413. The van der Waals surface area contributed by atoms with Crippen molar-refractivity contribution in [1.29, 1.82) is 0 Å². The number of aryl methyl sites for hydroxylation is 3. The molecular formula is C21H21N5O2. The highest BCUT2D eigenvalue weighted by molar-refractivity contribution is 6.05. The van der Waals surface area contributed by atoms with Crippen LogP contribution < -0.4 is 0 Å². The van der Waals surface area contributed by atoms with Gasteiger partial charge in [-0.15, -0.1) is 0 Å². The van der Waals surface area contributed by atoms with Gasteiger partial charge in [-0.1, -0.05) is 18.2 Å². The minimum Gasteiger partial charge on any atom is -0.465 e. The summed E-state index contributed by atoms with van der Waals surface area (Å²) in [4.78, 5) is 17.5. The average Bonchev–Trinajstić information content (AvgIpc) is 3.16. The first-order valence-corrected chi connectivity index (χ1v) is 8.97. The second-order valence-corrected chi connectivity index (χ2v) is 6.75. The first kappa shape index (κ1) is 17.9. The molecule has 142 valence electrons. The van der Waals surface area contributed by atoms with Crippen molar-refractivity contribution in [3.8, 4) is 16.9 Å². The quantitative estimate of drug-likeness (QED) is 0.512. The van der Waals surface area contributed by atoms with E-state index in [1.54, 1.807) is 10.7 Å². The van der Waals surface area contributed by atoms with Crippen molar-refractivity contribution < 1.29 is 9.53 Å². The van der Waals surface area contributed by atoms with Gasteiger partial charge < -0.3 is 4.74 Å². The Labute approximate surface area is 162 Å². The molecule has 0 aliphatic carbocycles. The molecule has 4 rings (SSSR count). The van der Waals surface area contributed by atoms with Crippen molar-refractivity contribution in [2.75, 3.05) is 7.11 Å². The van der Waals surface area contributed by atoms with Gasteiger partial charge in [-0.05, 0) is 39.0 Å². The smallest absolute Gasteiger partial charge is 0.338 e. The molecule has 0 aliphatic rings. The fourth-order valence-electron chi connectivity index (χ4n) is 3.58. The number of nitrogens with zero attached hydrogens (tertiary/aromatic N) is 5. The van der Waals surface area contributed by atoms with Crippen LogP contribution in [0.2, 0.25) is 0 Å². The number of aromatic nitrogens is 5. The maximum atomic E-state index is 12.6. The molecule has 0 unspecified atom stereocenters. The molecule has 1 aromatic carbocycles. The molecule has 7 nitrogen and oxygen atoms in total. The zero-order valence-corrected chi connectivity index (χ0v) is 16.5. The molecule has 4 aromatic rings. The van der Waals surface area contributed by atoms with Gasteiger partial charge >= 0.3 is 5.97 Å². The van der Waals surface area contributed by atoms with Gasteiger partial charge in [0, 0.05) is 18.3 Å². The Morgan fingerprint density at radius 2 is 1.75 bits per heavy atom. The van der Waals surface area contributed by atoms with E-state index in [9.17, 15) is 4.79 Å². The predicted octanol–water partition coefficient (Wildman–Crippen LogP) is 3.53. The second kappa shape index (κ2) is 6.60. The summed E-state index contributed by atoms with van der Waals surface area (Å²) in [6.45, 7) is 5.79. The SMILES string of the molecule is COC(=O)c1cc(-c2c(C)nn(C)c2C)nc2c1c(C)nn2-c1ccccc1. The molecule has 0 bridgehead atoms. The molecule has 0 N–H and O–H groups in total. The minimum absolute atomic E-state index is 0.413. The Morgan fingerprint density at radius 3 is 2.36 bits per heavy atom. The van der Waals surface area contributed by atoms with E-state index in [0.717, 1.165) is 28.3 Å². The van der Waals surface area contributed by atoms with Crippen molar-refractivity contribution in [1.82, 2.24) is 24.5 Å². The third-order valence-corrected chi connectivity index (χ3v) is 4.98. The summed E-state index contributed by atoms with van der Waals surface area (Å²) in [7, 11) is 3.27. The number of fused-ring (bicyclic) bond motifs is 1. The van der Waals surface area contributed by atoms with E-state index < -0.39 is 5.97 Å². The van der Waals surface area contributed by atoms with Crippen molar-refractivity contribution in [2.45, 2.75) is 20.8 Å². The number of para-hydroxylation sites is 1. The van der Waals surface area contributed by atoms with Gasteiger partial charge in [0.1, 0.15) is 0 Å². The van der Waals surface area contributed by atoms with E-state index >= 15 is 0 Å². The van der Waals surface area contributed by atoms with Crippen molar-refractivity contribution in [3.63, 3.8) is 0 Å². The lowest BCUT2D eigenvalue weighted by molar-refractivity contribution is 0.0603. The largest absolute Gasteiger partial charge is 0.465 e. The lowest BCUT2D eigenvalue weighted by Gasteiger charge is -2.09. The first-order chi connectivity index (χ1) is 13.4. The maximum absolute atomic E-state index is 12.6. The van der Waals surface area contributed by atoms with Gasteiger partial charge in [0.15, 0.2) is 5.65 Å². The van der Waals surface area contributed by atoms with Gasteiger partial charge in [0.25, 0.3) is 0 Å². The zero-order valence-electron chi connectivity index (χ0n) is 16.5. The lowest BCUT2D eigenvalue weighted by Crippen LogP contribution is -2.05. The van der Waals surface area contributed by atoms with Crippen molar-refractivity contribution >= 4 is 17.0 Å². The number of esters is 1. The molecule has 0 aliphatic heterocycles. The number of carbonyl (C=O) groups is 1. The van der Waals surface area contributed by atoms with E-state index in [-0.39, 0.29) is 0 Å². The summed E-state index contributed by atoms with van der Waals surface area (Å²) in [5, 5.41) is 9.83. The number of ether oxygens (including phenoxy) is 1. The molecule has 0 saturated heterocycles. The standard InChI is InChI=1S/C21H21N5O2/c1-12-18(14(3)25(4)23-12)17-11-16(21(27)28-5)19-13(2)24-26(20(19)22-17)15-9-7-6-8-10-15/h6-11H,1-5H3. The van der Waals surface area contributed by atoms with Gasteiger partial charge in [0.05, 0.1) is 40.8 Å². The Morgan fingerprint density at radius 1 is 1.04 bits per heavy atom. The van der Waals surface area contributed by atoms with Crippen LogP contribution in [-0.4, -0.2) is 37.6 Å². The van der Waals surface area contributed by atoms with E-state index in [4.69, 9.17) is 9.72 Å². The highest BCUT2D eigenvalue weighted by Gasteiger charge is 2.23. The molecule has 28 heavy (non-hydrogen) atoms. The van der Waals surface area contributed by atoms with Gasteiger partial charge in [-0.25, -0.2) is 14.5 Å². The van der Waals surface area contributed by atoms with Gasteiger partial charge in [-0.2, -0.15) is 10.2 Å². The third-order valence-electron chi connectivity index (χ3n) is 4.98. The van der Waals surface area contributed by atoms with Crippen LogP contribution in [0.3, 0.4) is 0 Å². The molecule has 0 atom stereocenters. The Bertz CT molecular complexity index is 1200. The lowest BCUT2D eigenvalue weighted by atomic mass is 10.0. The Kier molecular flexibility index (Phi) is 4.22. The van der Waals surface area contributed by atoms with Crippen LogP contribution in [0.5, 0.6) is 0 Å². The summed E-state index contributed by atoms with van der Waals surface area (Å²) < 4.78 is 8.63. The molecule has 3 heterocycles. The van der Waals surface area contributed by atoms with E-state index in [1.807, 2.05) is 62.8 Å². The molecule has 0 amide bonds. The Balaban J connectivity index is 2.10.